The Morgan fingerprint density at radius 2 is 0.500 bits per heavy atom. The fourth-order valence-electron chi connectivity index (χ4n) is 16.9. The minimum absolute atomic E-state index is 0.364. The Hall–Kier alpha value is -15.6. The largest absolute Gasteiger partial charge is 0.309 e. The van der Waals surface area contributed by atoms with Gasteiger partial charge in [-0.3, -0.25) is 9.13 Å². The zero-order chi connectivity index (χ0) is 74.3. The first-order valence-corrected chi connectivity index (χ1v) is 37.6. The Morgan fingerprint density at radius 1 is 0.196 bits per heavy atom. The van der Waals surface area contributed by atoms with Crippen molar-refractivity contribution >= 4 is 109 Å². The second-order valence-electron chi connectivity index (χ2n) is 28.5. The average molecular weight is 1430 g/mol. The van der Waals surface area contributed by atoms with Crippen LogP contribution in [0.1, 0.15) is 11.3 Å². The molecule has 0 saturated heterocycles. The Morgan fingerprint density at radius 3 is 0.911 bits per heavy atom. The van der Waals surface area contributed by atoms with Crippen molar-refractivity contribution in [2.45, 2.75) is 0 Å². The first-order chi connectivity index (χ1) is 55.4. The molecule has 0 fully saturated rings. The summed E-state index contributed by atoms with van der Waals surface area (Å²) in [5.74, 6) is 1.22. The highest BCUT2D eigenvalue weighted by Crippen LogP contribution is 2.44. The van der Waals surface area contributed by atoms with Crippen molar-refractivity contribution in [3.8, 4) is 102 Å². The third kappa shape index (κ3) is 11.0. The number of hydrogen-bond acceptors (Lipinski definition) is 5. The number of nitrogens with zero attached hydrogens (tertiary/aromatic N) is 9. The highest BCUT2D eigenvalue weighted by molar-refractivity contribution is 6.16. The first kappa shape index (κ1) is 64.8. The van der Waals surface area contributed by atoms with Gasteiger partial charge in [-0.25, -0.2) is 15.0 Å². The van der Waals surface area contributed by atoms with E-state index in [9.17, 15) is 10.5 Å². The lowest BCUT2D eigenvalue weighted by Gasteiger charge is -2.11. The molecule has 0 amide bonds. The van der Waals surface area contributed by atoms with Crippen LogP contribution in [0.4, 0.5) is 0 Å². The van der Waals surface area contributed by atoms with E-state index in [1.807, 2.05) is 60.7 Å². The van der Waals surface area contributed by atoms with E-state index >= 15 is 0 Å². The predicted octanol–water partition coefficient (Wildman–Crippen LogP) is 26.0. The van der Waals surface area contributed by atoms with Crippen LogP contribution >= 0.6 is 0 Å². The molecule has 6 heterocycles. The lowest BCUT2D eigenvalue weighted by molar-refractivity contribution is 1.00. The molecule has 6 aromatic heterocycles. The first-order valence-electron chi connectivity index (χ1n) is 37.6. The van der Waals surface area contributed by atoms with Crippen molar-refractivity contribution in [1.82, 2.24) is 33.2 Å². The average Bonchev–Trinajstić information content (AvgIpc) is 1.59. The lowest BCUT2D eigenvalue weighted by atomic mass is 9.99. The number of hydrogen-bond donors (Lipinski definition) is 0. The van der Waals surface area contributed by atoms with Gasteiger partial charge < -0.3 is 9.13 Å². The monoisotopic (exact) mass is 1430 g/mol. The Bertz CT molecular complexity index is 7190. The maximum atomic E-state index is 10.1. The highest BCUT2D eigenvalue weighted by Gasteiger charge is 2.23. The van der Waals surface area contributed by atoms with Crippen LogP contribution in [0.3, 0.4) is 0 Å². The molecular formula is C103H63N9. The number of nitriles is 2. The normalized spacial score (nSPS) is 11.6. The summed E-state index contributed by atoms with van der Waals surface area (Å²) in [7, 11) is 0. The molecule has 0 aliphatic carbocycles. The van der Waals surface area contributed by atoms with Gasteiger partial charge >= 0.3 is 0 Å². The molecule has 0 aliphatic heterocycles. The van der Waals surface area contributed by atoms with Crippen LogP contribution in [0, 0.1) is 22.7 Å². The molecule has 0 unspecified atom stereocenters. The van der Waals surface area contributed by atoms with E-state index in [1.54, 1.807) is 0 Å². The van der Waals surface area contributed by atoms with Gasteiger partial charge in [0.05, 0.1) is 66.8 Å². The number of fused-ring (bicyclic) bond motifs is 14. The quantitative estimate of drug-likeness (QED) is 0.136. The van der Waals surface area contributed by atoms with Crippen molar-refractivity contribution in [3.05, 3.63) is 393 Å². The third-order valence-corrected chi connectivity index (χ3v) is 22.1. The Kier molecular flexibility index (Phi) is 15.5. The van der Waals surface area contributed by atoms with E-state index in [0.717, 1.165) is 121 Å². The molecule has 9 nitrogen and oxygen atoms in total. The molecule has 0 radical (unpaired) electrons. The number of aromatic nitrogens is 7. The van der Waals surface area contributed by atoms with E-state index in [0.29, 0.717) is 17.2 Å². The van der Waals surface area contributed by atoms with Gasteiger partial charge in [0.2, 0.25) is 5.95 Å². The zero-order valence-electron chi connectivity index (χ0n) is 60.4. The third-order valence-electron chi connectivity index (χ3n) is 22.1. The smallest absolute Gasteiger partial charge is 0.236 e. The minimum Gasteiger partial charge on any atom is -0.309 e. The Labute approximate surface area is 644 Å². The van der Waals surface area contributed by atoms with Gasteiger partial charge in [0.15, 0.2) is 5.69 Å². The number of para-hydroxylation sites is 4. The van der Waals surface area contributed by atoms with Gasteiger partial charge in [0, 0.05) is 65.2 Å². The molecule has 0 aliphatic rings. The molecule has 0 atom stereocenters. The van der Waals surface area contributed by atoms with E-state index in [2.05, 4.69) is 352 Å². The van der Waals surface area contributed by atoms with Crippen molar-refractivity contribution in [2.24, 2.45) is 0 Å². The fourth-order valence-corrected chi connectivity index (χ4v) is 16.9. The van der Waals surface area contributed by atoms with Crippen LogP contribution in [-0.2, 0) is 0 Å². The zero-order valence-corrected chi connectivity index (χ0v) is 60.4. The van der Waals surface area contributed by atoms with Crippen LogP contribution < -0.4 is 0 Å². The second-order valence-corrected chi connectivity index (χ2v) is 28.5. The van der Waals surface area contributed by atoms with Crippen molar-refractivity contribution in [2.75, 3.05) is 0 Å². The summed E-state index contributed by atoms with van der Waals surface area (Å²) in [6, 6.07) is 140. The number of rotatable bonds is 10. The SMILES string of the molecule is N#Cc1cc(-n2c3ccccc3c3cc(-c4ccc5c(c4)c4cc(-c6ccccc6)ccc4n5-c4cccc(-c5ccccc5)c4)ccc32)nc2ccccc12.N#Cc1nc(-n2c3ccccc3c3cc(-c4ccc5c(c4)c4cc(-c6ccccc6)ccc4n5-c4cccc(-c5ccccc5)c4)ccc32)nc2ccccc12. The summed E-state index contributed by atoms with van der Waals surface area (Å²) < 4.78 is 9.06. The minimum atomic E-state index is 0.364. The lowest BCUT2D eigenvalue weighted by Crippen LogP contribution is -2.03. The van der Waals surface area contributed by atoms with Gasteiger partial charge in [0.25, 0.3) is 0 Å². The summed E-state index contributed by atoms with van der Waals surface area (Å²) in [6.45, 7) is 0. The summed E-state index contributed by atoms with van der Waals surface area (Å²) in [4.78, 5) is 14.8. The second kappa shape index (κ2) is 26.7. The van der Waals surface area contributed by atoms with Crippen molar-refractivity contribution in [3.63, 3.8) is 0 Å². The van der Waals surface area contributed by atoms with Crippen LogP contribution in [0.15, 0.2) is 382 Å². The molecule has 22 aromatic rings. The molecule has 9 heteroatoms. The van der Waals surface area contributed by atoms with E-state index in [4.69, 9.17) is 15.0 Å². The van der Waals surface area contributed by atoms with Gasteiger partial charge in [-0.15, -0.1) is 0 Å². The molecule has 0 bridgehead atoms. The molecule has 0 saturated carbocycles. The summed E-state index contributed by atoms with van der Waals surface area (Å²) in [5, 5.41) is 31.0. The number of benzene rings is 16. The van der Waals surface area contributed by atoms with Gasteiger partial charge in [-0.2, -0.15) is 10.5 Å². The van der Waals surface area contributed by atoms with Crippen molar-refractivity contribution < 1.29 is 0 Å². The van der Waals surface area contributed by atoms with Gasteiger partial charge in [0.1, 0.15) is 11.9 Å². The topological polar surface area (TPSA) is 106 Å². The standard InChI is InChI=1S/C52H32N4.C51H31N5/c53-33-40-32-52(54-47-20-9-7-18-42(40)47)56-48-21-10-8-19-43(48)44-30-38(24-27-51(44)56)39-23-26-50-46(31-39)45-29-37(35-14-5-2-6-15-35)22-25-49(45)55(50)41-17-11-16-36(28-41)34-12-3-1-4-13-34;52-32-46-41-19-7-9-20-45(41)53-51(54-46)56-47-21-10-8-18-40(47)42-30-37(24-27-50(42)56)38-23-26-49-44(31-38)43-29-36(34-14-5-2-6-15-34)22-25-48(43)55(49)39-17-11-16-35(28-39)33-12-3-1-4-13-33/h1-32H;1-31H. The maximum Gasteiger partial charge on any atom is 0.236 e. The Balaban J connectivity index is 0.000000141. The highest BCUT2D eigenvalue weighted by atomic mass is 15.2. The van der Waals surface area contributed by atoms with Gasteiger partial charge in [-0.1, -0.05) is 249 Å². The van der Waals surface area contributed by atoms with Crippen LogP contribution in [0.2, 0.25) is 0 Å². The summed E-state index contributed by atoms with van der Waals surface area (Å²) >= 11 is 0. The van der Waals surface area contributed by atoms with Gasteiger partial charge in [-0.05, 0) is 200 Å². The molecule has 16 aromatic carbocycles. The van der Waals surface area contributed by atoms with Crippen molar-refractivity contribution in [1.29, 1.82) is 10.5 Å². The van der Waals surface area contributed by atoms with E-state index in [1.165, 1.54) is 71.6 Å². The molecule has 0 spiro atoms. The molecule has 112 heavy (non-hydrogen) atoms. The summed E-state index contributed by atoms with van der Waals surface area (Å²) in [6.07, 6.45) is 0. The van der Waals surface area contributed by atoms with E-state index < -0.39 is 0 Å². The number of pyridine rings is 1. The molecule has 22 rings (SSSR count). The maximum absolute atomic E-state index is 10.1. The predicted molar refractivity (Wildman–Crippen MR) is 461 cm³/mol. The molecule has 0 N–H and O–H groups in total. The van der Waals surface area contributed by atoms with Crippen LogP contribution in [0.5, 0.6) is 0 Å². The van der Waals surface area contributed by atoms with Crippen LogP contribution in [0.25, 0.3) is 199 Å². The molecular weight excluding hydrogens is 1360 g/mol. The van der Waals surface area contributed by atoms with Crippen LogP contribution in [-0.4, -0.2) is 33.2 Å². The van der Waals surface area contributed by atoms with E-state index in [-0.39, 0.29) is 0 Å². The molecule has 520 valence electrons. The fraction of sp³-hybridized carbons (Fsp3) is 0. The summed E-state index contributed by atoms with van der Waals surface area (Å²) in [5.41, 5.74) is 27.5.